The summed E-state index contributed by atoms with van der Waals surface area (Å²) >= 11 is 0. The number of aryl methyl sites for hydroxylation is 2. The number of rotatable bonds is 4. The Labute approximate surface area is 133 Å². The Morgan fingerprint density at radius 1 is 1.09 bits per heavy atom. The largest absolute Gasteiger partial charge is 0.340 e. The quantitative estimate of drug-likeness (QED) is 0.850. The Morgan fingerprint density at radius 3 is 2.27 bits per heavy atom. The van der Waals surface area contributed by atoms with Gasteiger partial charge in [0.2, 0.25) is 15.9 Å². The lowest BCUT2D eigenvalue weighted by atomic mass is 10.1. The van der Waals surface area contributed by atoms with Gasteiger partial charge in [0.15, 0.2) is 0 Å². The third-order valence-corrected chi connectivity index (χ3v) is 6.07. The highest BCUT2D eigenvalue weighted by atomic mass is 32.2. The van der Waals surface area contributed by atoms with E-state index in [1.54, 1.807) is 17.0 Å². The van der Waals surface area contributed by atoms with Gasteiger partial charge < -0.3 is 4.90 Å². The SMILES string of the molecule is CCCC(=O)N1CCN(S(=O)(=O)c2ccc(C)c(C)c2)CC1. The fraction of sp³-hybridized carbons (Fsp3) is 0.562. The zero-order valence-corrected chi connectivity index (χ0v) is 14.3. The molecule has 5 nitrogen and oxygen atoms in total. The van der Waals surface area contributed by atoms with E-state index in [9.17, 15) is 13.2 Å². The summed E-state index contributed by atoms with van der Waals surface area (Å²) in [5.74, 6) is 0.116. The highest BCUT2D eigenvalue weighted by Crippen LogP contribution is 2.20. The standard InChI is InChI=1S/C16H24N2O3S/c1-4-5-16(19)17-8-10-18(11-9-17)22(20,21)15-7-6-13(2)14(3)12-15/h6-7,12H,4-5,8-11H2,1-3H3. The fourth-order valence-corrected chi connectivity index (χ4v) is 4.08. The summed E-state index contributed by atoms with van der Waals surface area (Å²) in [6.07, 6.45) is 1.35. The molecular weight excluding hydrogens is 300 g/mol. The normalized spacial score (nSPS) is 16.8. The molecule has 1 aliphatic rings. The molecule has 0 bridgehead atoms. The van der Waals surface area contributed by atoms with Crippen LogP contribution in [0.25, 0.3) is 0 Å². The smallest absolute Gasteiger partial charge is 0.243 e. The molecular formula is C16H24N2O3S. The van der Waals surface area contributed by atoms with Crippen molar-refractivity contribution >= 4 is 15.9 Å². The summed E-state index contributed by atoms with van der Waals surface area (Å²) in [7, 11) is -3.47. The fourth-order valence-electron chi connectivity index (χ4n) is 2.57. The first-order valence-electron chi connectivity index (χ1n) is 7.71. The zero-order valence-electron chi connectivity index (χ0n) is 13.5. The number of benzene rings is 1. The topological polar surface area (TPSA) is 57.7 Å². The summed E-state index contributed by atoms with van der Waals surface area (Å²) in [6.45, 7) is 7.53. The molecule has 0 spiro atoms. The lowest BCUT2D eigenvalue weighted by Crippen LogP contribution is -2.50. The Hall–Kier alpha value is -1.40. The number of hydrogen-bond donors (Lipinski definition) is 0. The summed E-state index contributed by atoms with van der Waals surface area (Å²) < 4.78 is 26.8. The molecule has 22 heavy (non-hydrogen) atoms. The molecule has 1 amide bonds. The summed E-state index contributed by atoms with van der Waals surface area (Å²) in [5.41, 5.74) is 2.05. The maximum Gasteiger partial charge on any atom is 0.243 e. The molecule has 0 aromatic heterocycles. The molecule has 1 fully saturated rings. The van der Waals surface area contributed by atoms with E-state index < -0.39 is 10.0 Å². The molecule has 6 heteroatoms. The van der Waals surface area contributed by atoms with Gasteiger partial charge in [-0.3, -0.25) is 4.79 Å². The number of nitrogens with zero attached hydrogens (tertiary/aromatic N) is 2. The van der Waals surface area contributed by atoms with Gasteiger partial charge in [0.25, 0.3) is 0 Å². The number of carbonyl (C=O) groups excluding carboxylic acids is 1. The molecule has 0 unspecified atom stereocenters. The number of sulfonamides is 1. The van der Waals surface area contributed by atoms with Crippen LogP contribution in [0.5, 0.6) is 0 Å². The molecule has 122 valence electrons. The van der Waals surface area contributed by atoms with Crippen molar-refractivity contribution < 1.29 is 13.2 Å². The van der Waals surface area contributed by atoms with E-state index in [1.165, 1.54) is 4.31 Å². The van der Waals surface area contributed by atoms with Crippen LogP contribution in [-0.4, -0.2) is 49.7 Å². The molecule has 0 saturated carbocycles. The van der Waals surface area contributed by atoms with Crippen LogP contribution in [0.2, 0.25) is 0 Å². The van der Waals surface area contributed by atoms with Crippen molar-refractivity contribution in [3.8, 4) is 0 Å². The Morgan fingerprint density at radius 2 is 1.73 bits per heavy atom. The van der Waals surface area contributed by atoms with Gasteiger partial charge in [-0.2, -0.15) is 4.31 Å². The van der Waals surface area contributed by atoms with Gasteiger partial charge in [0, 0.05) is 32.6 Å². The number of hydrogen-bond acceptors (Lipinski definition) is 3. The van der Waals surface area contributed by atoms with Crippen molar-refractivity contribution in [1.29, 1.82) is 0 Å². The second-order valence-electron chi connectivity index (χ2n) is 5.78. The second-order valence-corrected chi connectivity index (χ2v) is 7.72. The van der Waals surface area contributed by atoms with E-state index in [4.69, 9.17) is 0 Å². The first kappa shape index (κ1) is 17.0. The Balaban J connectivity index is 2.09. The van der Waals surface area contributed by atoms with Gasteiger partial charge in [0.05, 0.1) is 4.90 Å². The van der Waals surface area contributed by atoms with Crippen LogP contribution in [0.15, 0.2) is 23.1 Å². The van der Waals surface area contributed by atoms with Crippen LogP contribution in [-0.2, 0) is 14.8 Å². The van der Waals surface area contributed by atoms with Crippen LogP contribution in [0.1, 0.15) is 30.9 Å². The van der Waals surface area contributed by atoms with E-state index in [0.29, 0.717) is 37.5 Å². The molecule has 1 saturated heterocycles. The van der Waals surface area contributed by atoms with Gasteiger partial charge in [-0.1, -0.05) is 13.0 Å². The average molecular weight is 324 g/mol. The van der Waals surface area contributed by atoms with Gasteiger partial charge in [-0.05, 0) is 43.5 Å². The molecule has 1 aliphatic heterocycles. The molecule has 2 rings (SSSR count). The molecule has 0 atom stereocenters. The van der Waals surface area contributed by atoms with Gasteiger partial charge in [0.1, 0.15) is 0 Å². The minimum atomic E-state index is -3.47. The van der Waals surface area contributed by atoms with Crippen LogP contribution in [0.3, 0.4) is 0 Å². The van der Waals surface area contributed by atoms with E-state index in [0.717, 1.165) is 17.5 Å². The van der Waals surface area contributed by atoms with Gasteiger partial charge >= 0.3 is 0 Å². The highest BCUT2D eigenvalue weighted by molar-refractivity contribution is 7.89. The van der Waals surface area contributed by atoms with Crippen molar-refractivity contribution in [2.45, 2.75) is 38.5 Å². The number of carbonyl (C=O) groups is 1. The summed E-state index contributed by atoms with van der Waals surface area (Å²) in [6, 6.07) is 5.22. The van der Waals surface area contributed by atoms with E-state index >= 15 is 0 Å². The summed E-state index contributed by atoms with van der Waals surface area (Å²) in [4.78, 5) is 14.0. The zero-order chi connectivity index (χ0) is 16.3. The molecule has 0 radical (unpaired) electrons. The molecule has 0 N–H and O–H groups in total. The van der Waals surface area contributed by atoms with Gasteiger partial charge in [-0.25, -0.2) is 8.42 Å². The lowest BCUT2D eigenvalue weighted by molar-refractivity contribution is -0.132. The third kappa shape index (κ3) is 3.50. The summed E-state index contributed by atoms with van der Waals surface area (Å²) in [5, 5.41) is 0. The van der Waals surface area contributed by atoms with E-state index in [1.807, 2.05) is 26.8 Å². The minimum Gasteiger partial charge on any atom is -0.340 e. The molecule has 0 aliphatic carbocycles. The Bertz CT molecular complexity index is 647. The van der Waals surface area contributed by atoms with Crippen molar-refractivity contribution in [3.63, 3.8) is 0 Å². The van der Waals surface area contributed by atoms with Gasteiger partial charge in [-0.15, -0.1) is 0 Å². The second kappa shape index (κ2) is 6.79. The average Bonchev–Trinajstić information content (AvgIpc) is 2.50. The van der Waals surface area contributed by atoms with Crippen molar-refractivity contribution in [2.75, 3.05) is 26.2 Å². The first-order chi connectivity index (χ1) is 10.4. The molecule has 1 aromatic rings. The molecule has 1 aromatic carbocycles. The van der Waals surface area contributed by atoms with E-state index in [2.05, 4.69) is 0 Å². The van der Waals surface area contributed by atoms with Crippen LogP contribution in [0.4, 0.5) is 0 Å². The van der Waals surface area contributed by atoms with Crippen molar-refractivity contribution in [1.82, 2.24) is 9.21 Å². The maximum atomic E-state index is 12.7. The van der Waals surface area contributed by atoms with Crippen molar-refractivity contribution in [2.24, 2.45) is 0 Å². The third-order valence-electron chi connectivity index (χ3n) is 4.17. The number of piperazine rings is 1. The number of amides is 1. The maximum absolute atomic E-state index is 12.7. The molecule has 1 heterocycles. The Kier molecular flexibility index (Phi) is 5.24. The highest BCUT2D eigenvalue weighted by Gasteiger charge is 2.29. The first-order valence-corrected chi connectivity index (χ1v) is 9.15. The predicted octanol–water partition coefficient (Wildman–Crippen LogP) is 1.94. The van der Waals surface area contributed by atoms with Crippen LogP contribution >= 0.6 is 0 Å². The monoisotopic (exact) mass is 324 g/mol. The lowest BCUT2D eigenvalue weighted by Gasteiger charge is -2.34. The van der Waals surface area contributed by atoms with Crippen molar-refractivity contribution in [3.05, 3.63) is 29.3 Å². The van der Waals surface area contributed by atoms with Crippen LogP contribution in [0, 0.1) is 13.8 Å². The van der Waals surface area contributed by atoms with Crippen LogP contribution < -0.4 is 0 Å². The minimum absolute atomic E-state index is 0.116. The predicted molar refractivity (Wildman–Crippen MR) is 86.2 cm³/mol. The van der Waals surface area contributed by atoms with E-state index in [-0.39, 0.29) is 5.91 Å².